The van der Waals surface area contributed by atoms with Crippen molar-refractivity contribution in [3.05, 3.63) is 36.0 Å². The van der Waals surface area contributed by atoms with Crippen molar-refractivity contribution in [1.82, 2.24) is 9.78 Å². The lowest BCUT2D eigenvalue weighted by atomic mass is 10.2. The second kappa shape index (κ2) is 6.98. The van der Waals surface area contributed by atoms with Gasteiger partial charge >= 0.3 is 0 Å². The topological polar surface area (TPSA) is 59.4 Å². The molecule has 0 saturated carbocycles. The van der Waals surface area contributed by atoms with Crippen molar-refractivity contribution in [3.8, 4) is 5.88 Å². The first-order valence-corrected chi connectivity index (χ1v) is 7.34. The number of aryl methyl sites for hydroxylation is 1. The number of carbonyl (C=O) groups is 1. The molecule has 0 fully saturated rings. The molecule has 0 saturated heterocycles. The number of hydrogen-bond acceptors (Lipinski definition) is 4. The largest absolute Gasteiger partial charge is 0.476 e. The normalized spacial score (nSPS) is 10.4. The Kier molecular flexibility index (Phi) is 5.04. The molecule has 1 amide bonds. The van der Waals surface area contributed by atoms with Gasteiger partial charge in [-0.3, -0.25) is 9.48 Å². The van der Waals surface area contributed by atoms with E-state index in [-0.39, 0.29) is 5.91 Å². The van der Waals surface area contributed by atoms with E-state index < -0.39 is 0 Å². The second-order valence-corrected chi connectivity index (χ2v) is 5.03. The molecule has 2 aromatic rings. The van der Waals surface area contributed by atoms with E-state index >= 15 is 0 Å². The zero-order valence-corrected chi connectivity index (χ0v) is 13.5. The molecule has 2 rings (SSSR count). The van der Waals surface area contributed by atoms with E-state index in [0.29, 0.717) is 24.6 Å². The highest BCUT2D eigenvalue weighted by Gasteiger charge is 2.17. The maximum Gasteiger partial charge on any atom is 0.262 e. The summed E-state index contributed by atoms with van der Waals surface area (Å²) in [6.07, 6.45) is 1.70. The molecule has 1 aromatic carbocycles. The summed E-state index contributed by atoms with van der Waals surface area (Å²) in [6.45, 7) is 4.99. The molecule has 1 N–H and O–H groups in total. The summed E-state index contributed by atoms with van der Waals surface area (Å²) in [7, 11) is 3.95. The Morgan fingerprint density at radius 2 is 1.95 bits per heavy atom. The summed E-state index contributed by atoms with van der Waals surface area (Å²) in [4.78, 5) is 14.4. The first kappa shape index (κ1) is 15.9. The highest BCUT2D eigenvalue weighted by molar-refractivity contribution is 6.05. The number of anilines is 2. The Morgan fingerprint density at radius 1 is 1.27 bits per heavy atom. The molecule has 0 atom stereocenters. The number of amides is 1. The number of ether oxygens (including phenoxy) is 1. The average Bonchev–Trinajstić information content (AvgIpc) is 2.91. The minimum absolute atomic E-state index is 0.222. The lowest BCUT2D eigenvalue weighted by Gasteiger charge is -2.13. The van der Waals surface area contributed by atoms with Crippen LogP contribution in [0.5, 0.6) is 5.88 Å². The third-order valence-corrected chi connectivity index (χ3v) is 3.22. The van der Waals surface area contributed by atoms with Gasteiger partial charge < -0.3 is 15.0 Å². The van der Waals surface area contributed by atoms with E-state index in [0.717, 1.165) is 11.4 Å². The van der Waals surface area contributed by atoms with E-state index in [1.807, 2.05) is 57.1 Å². The zero-order chi connectivity index (χ0) is 16.1. The maximum atomic E-state index is 12.4. The SMILES string of the molecule is CCOc1nn(CC)cc1C(=O)Nc1ccc(N(C)C)cc1. The van der Waals surface area contributed by atoms with Crippen LogP contribution >= 0.6 is 0 Å². The monoisotopic (exact) mass is 302 g/mol. The van der Waals surface area contributed by atoms with E-state index in [4.69, 9.17) is 4.74 Å². The third-order valence-electron chi connectivity index (χ3n) is 3.22. The van der Waals surface area contributed by atoms with Gasteiger partial charge in [-0.1, -0.05) is 0 Å². The number of aromatic nitrogens is 2. The predicted molar refractivity (Wildman–Crippen MR) is 87.8 cm³/mol. The minimum atomic E-state index is -0.222. The highest BCUT2D eigenvalue weighted by atomic mass is 16.5. The molecule has 1 heterocycles. The van der Waals surface area contributed by atoms with Crippen molar-refractivity contribution in [2.45, 2.75) is 20.4 Å². The fraction of sp³-hybridized carbons (Fsp3) is 0.375. The molecular weight excluding hydrogens is 280 g/mol. The molecule has 118 valence electrons. The van der Waals surface area contributed by atoms with Crippen LogP contribution in [0.4, 0.5) is 11.4 Å². The number of carbonyl (C=O) groups excluding carboxylic acids is 1. The van der Waals surface area contributed by atoms with Crippen molar-refractivity contribution in [1.29, 1.82) is 0 Å². The van der Waals surface area contributed by atoms with Gasteiger partial charge in [0.15, 0.2) is 0 Å². The van der Waals surface area contributed by atoms with Crippen LogP contribution in [0.3, 0.4) is 0 Å². The summed E-state index contributed by atoms with van der Waals surface area (Å²) in [5.74, 6) is 0.146. The summed E-state index contributed by atoms with van der Waals surface area (Å²) >= 11 is 0. The molecule has 1 aromatic heterocycles. The smallest absolute Gasteiger partial charge is 0.262 e. The molecule has 0 radical (unpaired) electrons. The van der Waals surface area contributed by atoms with E-state index in [9.17, 15) is 4.79 Å². The quantitative estimate of drug-likeness (QED) is 0.891. The van der Waals surface area contributed by atoms with Crippen LogP contribution in [-0.2, 0) is 6.54 Å². The maximum absolute atomic E-state index is 12.4. The van der Waals surface area contributed by atoms with Crippen LogP contribution in [0.25, 0.3) is 0 Å². The molecule has 0 bridgehead atoms. The highest BCUT2D eigenvalue weighted by Crippen LogP contribution is 2.20. The zero-order valence-electron chi connectivity index (χ0n) is 13.5. The lowest BCUT2D eigenvalue weighted by molar-refractivity contribution is 0.102. The summed E-state index contributed by atoms with van der Waals surface area (Å²) < 4.78 is 7.12. The van der Waals surface area contributed by atoms with Gasteiger partial charge in [0, 0.05) is 38.2 Å². The van der Waals surface area contributed by atoms with Crippen molar-refractivity contribution in [2.75, 3.05) is 30.9 Å². The third kappa shape index (κ3) is 3.58. The molecule has 6 heteroatoms. The molecular formula is C16H22N4O2. The van der Waals surface area contributed by atoms with E-state index in [1.54, 1.807) is 10.9 Å². The lowest BCUT2D eigenvalue weighted by Crippen LogP contribution is -2.13. The van der Waals surface area contributed by atoms with Crippen LogP contribution in [0.2, 0.25) is 0 Å². The summed E-state index contributed by atoms with van der Waals surface area (Å²) in [5, 5.41) is 7.12. The van der Waals surface area contributed by atoms with Gasteiger partial charge in [-0.2, -0.15) is 0 Å². The number of hydrogen-bond donors (Lipinski definition) is 1. The first-order chi connectivity index (χ1) is 10.5. The van der Waals surface area contributed by atoms with Gasteiger partial charge in [0.1, 0.15) is 5.56 Å². The van der Waals surface area contributed by atoms with Crippen LogP contribution in [0, 0.1) is 0 Å². The number of nitrogens with zero attached hydrogens (tertiary/aromatic N) is 3. The molecule has 0 aliphatic heterocycles. The van der Waals surface area contributed by atoms with E-state index in [2.05, 4.69) is 10.4 Å². The van der Waals surface area contributed by atoms with Crippen molar-refractivity contribution >= 4 is 17.3 Å². The van der Waals surface area contributed by atoms with Crippen LogP contribution in [-0.4, -0.2) is 36.4 Å². The van der Waals surface area contributed by atoms with Gasteiger partial charge in [-0.25, -0.2) is 0 Å². The fourth-order valence-electron chi connectivity index (χ4n) is 2.01. The summed E-state index contributed by atoms with van der Waals surface area (Å²) in [6, 6.07) is 7.65. The van der Waals surface area contributed by atoms with Crippen LogP contribution in [0.1, 0.15) is 24.2 Å². The van der Waals surface area contributed by atoms with E-state index in [1.165, 1.54) is 0 Å². The average molecular weight is 302 g/mol. The number of nitrogens with one attached hydrogen (secondary N) is 1. The molecule has 0 unspecified atom stereocenters. The second-order valence-electron chi connectivity index (χ2n) is 5.03. The Labute approximate surface area is 130 Å². The fourth-order valence-corrected chi connectivity index (χ4v) is 2.01. The number of rotatable bonds is 6. The van der Waals surface area contributed by atoms with Gasteiger partial charge in [0.05, 0.1) is 6.61 Å². The Bertz CT molecular complexity index is 632. The molecule has 6 nitrogen and oxygen atoms in total. The Hall–Kier alpha value is -2.50. The van der Waals surface area contributed by atoms with Crippen LogP contribution < -0.4 is 15.0 Å². The molecule has 0 aliphatic rings. The Balaban J connectivity index is 2.16. The number of benzene rings is 1. The van der Waals surface area contributed by atoms with Crippen LogP contribution in [0.15, 0.2) is 30.5 Å². The molecule has 0 spiro atoms. The first-order valence-electron chi connectivity index (χ1n) is 7.34. The van der Waals surface area contributed by atoms with Crippen molar-refractivity contribution in [2.24, 2.45) is 0 Å². The predicted octanol–water partition coefficient (Wildman–Crippen LogP) is 2.62. The standard InChI is InChI=1S/C16H22N4O2/c1-5-20-11-14(16(18-20)22-6-2)15(21)17-12-7-9-13(10-8-12)19(3)4/h7-11H,5-6H2,1-4H3,(H,17,21). The van der Waals surface area contributed by atoms with Gasteiger partial charge in [-0.05, 0) is 38.1 Å². The summed E-state index contributed by atoms with van der Waals surface area (Å²) in [5.41, 5.74) is 2.26. The van der Waals surface area contributed by atoms with Crippen molar-refractivity contribution in [3.63, 3.8) is 0 Å². The Morgan fingerprint density at radius 3 is 2.50 bits per heavy atom. The molecule has 0 aliphatic carbocycles. The van der Waals surface area contributed by atoms with Gasteiger partial charge in [0.2, 0.25) is 5.88 Å². The van der Waals surface area contributed by atoms with Gasteiger partial charge in [0.25, 0.3) is 5.91 Å². The molecule has 22 heavy (non-hydrogen) atoms. The minimum Gasteiger partial charge on any atom is -0.476 e. The van der Waals surface area contributed by atoms with Gasteiger partial charge in [-0.15, -0.1) is 5.10 Å². The van der Waals surface area contributed by atoms with Crippen molar-refractivity contribution < 1.29 is 9.53 Å².